The van der Waals surface area contributed by atoms with Crippen molar-refractivity contribution in [1.82, 2.24) is 0 Å². The number of oxime groups is 1. The standard InChI is InChI=1S/C25H27NO2S/c1-2-3-4-11-16-23(26-28-18-20-12-7-5-8-13-20)25(27)24-17-22(19-29-24)21-14-9-6-10-15-21/h5-10,12-15,17,19H,2-4,11,16,18H2,1H3. The Bertz CT molecular complexity index is 916. The van der Waals surface area contributed by atoms with Crippen LogP contribution in [0.15, 0.2) is 77.3 Å². The first-order chi connectivity index (χ1) is 14.3. The number of rotatable bonds is 11. The molecule has 0 unspecified atom stereocenters. The molecule has 150 valence electrons. The Kier molecular flexibility index (Phi) is 8.20. The lowest BCUT2D eigenvalue weighted by molar-refractivity contribution is 0.103. The number of carbonyl (C=O) groups excluding carboxylic acids is 1. The molecule has 1 aromatic heterocycles. The summed E-state index contributed by atoms with van der Waals surface area (Å²) >= 11 is 1.47. The van der Waals surface area contributed by atoms with Crippen molar-refractivity contribution >= 4 is 22.8 Å². The highest BCUT2D eigenvalue weighted by atomic mass is 32.1. The second-order valence-electron chi connectivity index (χ2n) is 7.00. The number of benzene rings is 2. The number of thiophene rings is 1. The van der Waals surface area contributed by atoms with Crippen molar-refractivity contribution in [2.75, 3.05) is 0 Å². The number of unbranched alkanes of at least 4 members (excludes halogenated alkanes) is 3. The molecule has 0 aliphatic carbocycles. The smallest absolute Gasteiger partial charge is 0.220 e. The quantitative estimate of drug-likeness (QED) is 0.147. The zero-order chi connectivity index (χ0) is 20.3. The van der Waals surface area contributed by atoms with Gasteiger partial charge in [-0.05, 0) is 41.0 Å². The zero-order valence-corrected chi connectivity index (χ0v) is 17.7. The lowest BCUT2D eigenvalue weighted by atomic mass is 10.0. The highest BCUT2D eigenvalue weighted by Gasteiger charge is 2.17. The average Bonchev–Trinajstić information content (AvgIpc) is 3.27. The van der Waals surface area contributed by atoms with Crippen molar-refractivity contribution in [1.29, 1.82) is 0 Å². The molecule has 3 aromatic rings. The molecule has 4 heteroatoms. The van der Waals surface area contributed by atoms with Crippen LogP contribution in [0.4, 0.5) is 0 Å². The van der Waals surface area contributed by atoms with E-state index in [1.807, 2.05) is 60.0 Å². The average molecular weight is 406 g/mol. The topological polar surface area (TPSA) is 38.7 Å². The fraction of sp³-hybridized carbons (Fsp3) is 0.280. The van der Waals surface area contributed by atoms with E-state index in [2.05, 4.69) is 24.2 Å². The summed E-state index contributed by atoms with van der Waals surface area (Å²) in [5, 5.41) is 6.28. The van der Waals surface area contributed by atoms with Crippen LogP contribution >= 0.6 is 11.3 Å². The van der Waals surface area contributed by atoms with Gasteiger partial charge in [0, 0.05) is 0 Å². The summed E-state index contributed by atoms with van der Waals surface area (Å²) in [5.41, 5.74) is 3.73. The molecular formula is C25H27NO2S. The Balaban J connectivity index is 1.71. The van der Waals surface area contributed by atoms with E-state index in [0.29, 0.717) is 23.6 Å². The third kappa shape index (κ3) is 6.40. The third-order valence-electron chi connectivity index (χ3n) is 4.71. The number of hydrogen-bond donors (Lipinski definition) is 0. The molecule has 0 saturated heterocycles. The van der Waals surface area contributed by atoms with E-state index in [1.165, 1.54) is 17.8 Å². The van der Waals surface area contributed by atoms with Crippen LogP contribution in [0.5, 0.6) is 0 Å². The van der Waals surface area contributed by atoms with E-state index >= 15 is 0 Å². The highest BCUT2D eigenvalue weighted by molar-refractivity contribution is 7.13. The van der Waals surface area contributed by atoms with Gasteiger partial charge in [0.1, 0.15) is 12.3 Å². The minimum absolute atomic E-state index is 0.0262. The predicted molar refractivity (Wildman–Crippen MR) is 122 cm³/mol. The molecule has 3 rings (SSSR count). The van der Waals surface area contributed by atoms with Gasteiger partial charge in [0.25, 0.3) is 0 Å². The van der Waals surface area contributed by atoms with Crippen molar-refractivity contribution < 1.29 is 9.63 Å². The summed E-state index contributed by atoms with van der Waals surface area (Å²) in [6, 6.07) is 22.0. The Morgan fingerprint density at radius 2 is 1.66 bits per heavy atom. The van der Waals surface area contributed by atoms with Gasteiger partial charge in [-0.1, -0.05) is 92.0 Å². The fourth-order valence-corrected chi connectivity index (χ4v) is 3.94. The second-order valence-corrected chi connectivity index (χ2v) is 7.91. The molecule has 0 aliphatic heterocycles. The molecule has 0 radical (unpaired) electrons. The van der Waals surface area contributed by atoms with Crippen molar-refractivity contribution in [3.63, 3.8) is 0 Å². The maximum Gasteiger partial charge on any atom is 0.220 e. The Morgan fingerprint density at radius 1 is 0.931 bits per heavy atom. The van der Waals surface area contributed by atoms with Crippen LogP contribution in [0, 0.1) is 0 Å². The molecule has 0 aliphatic rings. The van der Waals surface area contributed by atoms with Crippen LogP contribution in [0.2, 0.25) is 0 Å². The maximum atomic E-state index is 13.1. The van der Waals surface area contributed by atoms with E-state index < -0.39 is 0 Å². The van der Waals surface area contributed by atoms with Crippen LogP contribution in [0.3, 0.4) is 0 Å². The molecule has 0 atom stereocenters. The van der Waals surface area contributed by atoms with Crippen molar-refractivity contribution in [2.45, 2.75) is 45.6 Å². The van der Waals surface area contributed by atoms with Gasteiger partial charge in [-0.2, -0.15) is 0 Å². The van der Waals surface area contributed by atoms with E-state index in [0.717, 1.165) is 36.0 Å². The Morgan fingerprint density at radius 3 is 2.38 bits per heavy atom. The van der Waals surface area contributed by atoms with Crippen molar-refractivity contribution in [3.8, 4) is 11.1 Å². The monoisotopic (exact) mass is 405 g/mol. The molecule has 0 N–H and O–H groups in total. The molecule has 29 heavy (non-hydrogen) atoms. The van der Waals surface area contributed by atoms with Crippen molar-refractivity contribution in [3.05, 3.63) is 82.6 Å². The lowest BCUT2D eigenvalue weighted by Crippen LogP contribution is -2.14. The van der Waals surface area contributed by atoms with Gasteiger partial charge in [-0.3, -0.25) is 4.79 Å². The summed E-state index contributed by atoms with van der Waals surface area (Å²) in [6.07, 6.45) is 5.03. The predicted octanol–water partition coefficient (Wildman–Crippen LogP) is 7.14. The molecule has 0 fully saturated rings. The van der Waals surface area contributed by atoms with Gasteiger partial charge < -0.3 is 4.84 Å². The SMILES string of the molecule is CCCCCCC(=NOCc1ccccc1)C(=O)c1cc(-c2ccccc2)cs1. The van der Waals surface area contributed by atoms with Gasteiger partial charge in [0.05, 0.1) is 4.88 Å². The fourth-order valence-electron chi connectivity index (χ4n) is 3.06. The molecule has 0 amide bonds. The summed E-state index contributed by atoms with van der Waals surface area (Å²) in [7, 11) is 0. The van der Waals surface area contributed by atoms with Crippen LogP contribution in [0.1, 0.15) is 54.3 Å². The minimum atomic E-state index is -0.0262. The lowest BCUT2D eigenvalue weighted by Gasteiger charge is -2.06. The normalized spacial score (nSPS) is 11.4. The first kappa shape index (κ1) is 21.0. The summed E-state index contributed by atoms with van der Waals surface area (Å²) < 4.78 is 0. The summed E-state index contributed by atoms with van der Waals surface area (Å²) in [4.78, 5) is 19.3. The molecule has 2 aromatic carbocycles. The Labute approximate surface area is 177 Å². The summed E-state index contributed by atoms with van der Waals surface area (Å²) in [6.45, 7) is 2.55. The maximum absolute atomic E-state index is 13.1. The van der Waals surface area contributed by atoms with E-state index in [9.17, 15) is 4.79 Å². The molecule has 3 nitrogen and oxygen atoms in total. The molecule has 0 saturated carbocycles. The molecular weight excluding hydrogens is 378 g/mol. The number of nitrogens with zero attached hydrogens (tertiary/aromatic N) is 1. The van der Waals surface area contributed by atoms with E-state index in [4.69, 9.17) is 4.84 Å². The second kappa shape index (κ2) is 11.3. The number of carbonyl (C=O) groups is 1. The van der Waals surface area contributed by atoms with Gasteiger partial charge in [-0.25, -0.2) is 0 Å². The van der Waals surface area contributed by atoms with Gasteiger partial charge in [0.2, 0.25) is 5.78 Å². The zero-order valence-electron chi connectivity index (χ0n) is 16.8. The van der Waals surface area contributed by atoms with Gasteiger partial charge in [-0.15, -0.1) is 11.3 Å². The molecule has 0 spiro atoms. The van der Waals surface area contributed by atoms with Crippen LogP contribution < -0.4 is 0 Å². The van der Waals surface area contributed by atoms with Gasteiger partial charge in [0.15, 0.2) is 0 Å². The van der Waals surface area contributed by atoms with Crippen LogP contribution in [0.25, 0.3) is 11.1 Å². The van der Waals surface area contributed by atoms with E-state index in [-0.39, 0.29) is 5.78 Å². The third-order valence-corrected chi connectivity index (χ3v) is 5.64. The molecule has 1 heterocycles. The Hall–Kier alpha value is -2.72. The van der Waals surface area contributed by atoms with Gasteiger partial charge >= 0.3 is 0 Å². The first-order valence-corrected chi connectivity index (χ1v) is 11.1. The number of ketones is 1. The van der Waals surface area contributed by atoms with Crippen LogP contribution in [-0.2, 0) is 11.4 Å². The summed E-state index contributed by atoms with van der Waals surface area (Å²) in [5.74, 6) is -0.0262. The highest BCUT2D eigenvalue weighted by Crippen LogP contribution is 2.26. The largest absolute Gasteiger partial charge is 0.391 e. The van der Waals surface area contributed by atoms with Crippen LogP contribution in [-0.4, -0.2) is 11.5 Å². The minimum Gasteiger partial charge on any atom is -0.391 e. The number of Topliss-reactive ketones (excluding diaryl/α,β-unsaturated/α-hetero) is 1. The van der Waals surface area contributed by atoms with Crippen molar-refractivity contribution in [2.24, 2.45) is 5.16 Å². The van der Waals surface area contributed by atoms with E-state index in [1.54, 1.807) is 0 Å². The first-order valence-electron chi connectivity index (χ1n) is 10.2. The number of hydrogen-bond acceptors (Lipinski definition) is 4. The molecule has 0 bridgehead atoms.